The van der Waals surface area contributed by atoms with E-state index in [9.17, 15) is 25.2 Å². The predicted molar refractivity (Wildman–Crippen MR) is 97.5 cm³/mol. The van der Waals surface area contributed by atoms with Crippen molar-refractivity contribution in [2.75, 3.05) is 20.8 Å². The van der Waals surface area contributed by atoms with E-state index in [0.29, 0.717) is 22.3 Å². The monoisotopic (exact) mass is 412 g/mol. The molecule has 1 aromatic carbocycles. The molecule has 1 aliphatic heterocycles. The van der Waals surface area contributed by atoms with Crippen LogP contribution < -0.4 is 9.47 Å². The number of esters is 1. The first kappa shape index (κ1) is 21.3. The topological polar surface area (TPSA) is 148 Å². The molecule has 3 rings (SSSR count). The molecular weight excluding hydrogens is 388 g/mol. The molecule has 10 heteroatoms. The van der Waals surface area contributed by atoms with Crippen molar-refractivity contribution in [3.63, 3.8) is 0 Å². The van der Waals surface area contributed by atoms with Gasteiger partial charge in [-0.1, -0.05) is 0 Å². The van der Waals surface area contributed by atoms with Crippen molar-refractivity contribution < 1.29 is 48.6 Å². The number of furan rings is 1. The molecule has 0 spiro atoms. The van der Waals surface area contributed by atoms with E-state index < -0.39 is 43.3 Å². The van der Waals surface area contributed by atoms with Crippen molar-refractivity contribution in [3.8, 4) is 11.5 Å². The molecule has 0 saturated carbocycles. The molecule has 0 radical (unpaired) electrons. The zero-order valence-corrected chi connectivity index (χ0v) is 16.0. The molecular formula is C19H24O10. The molecule has 2 heterocycles. The third-order valence-electron chi connectivity index (χ3n) is 4.88. The second-order valence-electron chi connectivity index (χ2n) is 6.61. The van der Waals surface area contributed by atoms with Crippen LogP contribution >= 0.6 is 0 Å². The number of ether oxygens (including phenoxy) is 4. The molecule has 10 nitrogen and oxygen atoms in total. The van der Waals surface area contributed by atoms with Gasteiger partial charge in [0.05, 0.1) is 32.5 Å². The van der Waals surface area contributed by atoms with Gasteiger partial charge >= 0.3 is 5.97 Å². The third kappa shape index (κ3) is 4.16. The summed E-state index contributed by atoms with van der Waals surface area (Å²) in [7, 11) is 2.74. The lowest BCUT2D eigenvalue weighted by Crippen LogP contribution is -2.60. The number of methoxy groups -OCH3 is 2. The van der Waals surface area contributed by atoms with Crippen molar-refractivity contribution >= 4 is 16.9 Å². The normalized spacial score (nSPS) is 27.0. The molecule has 4 N–H and O–H groups in total. The van der Waals surface area contributed by atoms with Crippen molar-refractivity contribution in [1.82, 2.24) is 0 Å². The minimum Gasteiger partial charge on any atom is -0.496 e. The Morgan fingerprint density at radius 2 is 1.93 bits per heavy atom. The summed E-state index contributed by atoms with van der Waals surface area (Å²) in [5.41, 5.74) is 0.937. The van der Waals surface area contributed by atoms with Crippen LogP contribution in [0.2, 0.25) is 0 Å². The Morgan fingerprint density at radius 1 is 1.17 bits per heavy atom. The highest BCUT2D eigenvalue weighted by Gasteiger charge is 2.45. The fourth-order valence-corrected chi connectivity index (χ4v) is 3.30. The average molecular weight is 412 g/mol. The molecule has 5 atom stereocenters. The lowest BCUT2D eigenvalue weighted by Gasteiger charge is -2.39. The number of aliphatic hydroxyl groups is 4. The summed E-state index contributed by atoms with van der Waals surface area (Å²) < 4.78 is 26.8. The molecule has 160 valence electrons. The van der Waals surface area contributed by atoms with Gasteiger partial charge in [0, 0.05) is 18.1 Å². The van der Waals surface area contributed by atoms with E-state index in [1.807, 2.05) is 0 Å². The summed E-state index contributed by atoms with van der Waals surface area (Å²) in [5.74, 6) is 0.176. The highest BCUT2D eigenvalue weighted by Crippen LogP contribution is 2.39. The lowest BCUT2D eigenvalue weighted by molar-refractivity contribution is -0.277. The minimum atomic E-state index is -1.58. The maximum absolute atomic E-state index is 11.6. The predicted octanol–water partition coefficient (Wildman–Crippen LogP) is -0.274. The zero-order valence-electron chi connectivity index (χ0n) is 16.0. The average Bonchev–Trinajstić information content (AvgIpc) is 3.19. The number of hydrogen-bond acceptors (Lipinski definition) is 10. The molecule has 1 saturated heterocycles. The quantitative estimate of drug-likeness (QED) is 0.448. The highest BCUT2D eigenvalue weighted by molar-refractivity contribution is 5.88. The van der Waals surface area contributed by atoms with Gasteiger partial charge in [0.15, 0.2) is 0 Å². The largest absolute Gasteiger partial charge is 0.496 e. The Morgan fingerprint density at radius 3 is 2.59 bits per heavy atom. The first-order valence-electron chi connectivity index (χ1n) is 9.02. The Kier molecular flexibility index (Phi) is 6.60. The fourth-order valence-electron chi connectivity index (χ4n) is 3.30. The van der Waals surface area contributed by atoms with Gasteiger partial charge in [0.2, 0.25) is 6.29 Å². The Bertz CT molecular complexity index is 845. The van der Waals surface area contributed by atoms with Crippen LogP contribution in [0.3, 0.4) is 0 Å². The first-order valence-corrected chi connectivity index (χ1v) is 9.02. The van der Waals surface area contributed by atoms with Crippen LogP contribution in [0, 0.1) is 0 Å². The van der Waals surface area contributed by atoms with E-state index in [1.165, 1.54) is 20.5 Å². The molecule has 1 aromatic heterocycles. The zero-order chi connectivity index (χ0) is 21.1. The summed E-state index contributed by atoms with van der Waals surface area (Å²) in [5, 5.41) is 40.2. The Labute approximate surface area is 166 Å². The number of rotatable bonds is 7. The highest BCUT2D eigenvalue weighted by atomic mass is 16.7. The van der Waals surface area contributed by atoms with Gasteiger partial charge in [-0.05, 0) is 12.5 Å². The van der Waals surface area contributed by atoms with Crippen LogP contribution in [0.5, 0.6) is 11.5 Å². The lowest BCUT2D eigenvalue weighted by atomic mass is 9.99. The van der Waals surface area contributed by atoms with E-state index in [1.54, 1.807) is 12.1 Å². The van der Waals surface area contributed by atoms with E-state index >= 15 is 0 Å². The van der Waals surface area contributed by atoms with Gasteiger partial charge in [0.25, 0.3) is 0 Å². The maximum atomic E-state index is 11.6. The van der Waals surface area contributed by atoms with E-state index in [2.05, 4.69) is 4.74 Å². The van der Waals surface area contributed by atoms with Crippen molar-refractivity contribution in [2.24, 2.45) is 0 Å². The van der Waals surface area contributed by atoms with Crippen molar-refractivity contribution in [3.05, 3.63) is 24.0 Å². The molecule has 2 aromatic rings. The van der Waals surface area contributed by atoms with Crippen LogP contribution in [0.15, 0.2) is 22.8 Å². The summed E-state index contributed by atoms with van der Waals surface area (Å²) in [6.45, 7) is -0.583. The first-order chi connectivity index (χ1) is 13.9. The standard InChI is InChI=1S/C19H24O10/c1-25-14(21)4-3-9-12(7-11-10(5-6-27-11)18(9)26-2)28-19-17(24)16(23)15(22)13(8-20)29-19/h5-7,13,15-17,19-20,22-24H,3-4,8H2,1-2H3. The number of carbonyl (C=O) groups is 1. The number of hydrogen-bond donors (Lipinski definition) is 4. The van der Waals surface area contributed by atoms with Crippen LogP contribution in [-0.2, 0) is 20.7 Å². The van der Waals surface area contributed by atoms with Gasteiger partial charge in [-0.2, -0.15) is 0 Å². The van der Waals surface area contributed by atoms with Crippen LogP contribution in [0.25, 0.3) is 11.0 Å². The van der Waals surface area contributed by atoms with Crippen LogP contribution in [0.1, 0.15) is 12.0 Å². The van der Waals surface area contributed by atoms with E-state index in [-0.39, 0.29) is 18.6 Å². The minimum absolute atomic E-state index is 0.0429. The van der Waals surface area contributed by atoms with Crippen molar-refractivity contribution in [2.45, 2.75) is 43.5 Å². The molecule has 1 fully saturated rings. The van der Waals surface area contributed by atoms with Crippen LogP contribution in [-0.4, -0.2) is 77.9 Å². The molecule has 0 aliphatic carbocycles. The van der Waals surface area contributed by atoms with Gasteiger partial charge in [-0.15, -0.1) is 0 Å². The smallest absolute Gasteiger partial charge is 0.305 e. The Hall–Kier alpha value is -2.37. The van der Waals surface area contributed by atoms with Gasteiger partial charge in [-0.25, -0.2) is 0 Å². The SMILES string of the molecule is COC(=O)CCc1c(OC2OC(CO)C(O)C(O)C2O)cc2occc2c1OC. The number of benzene rings is 1. The molecule has 5 unspecified atom stereocenters. The Balaban J connectivity index is 1.97. The maximum Gasteiger partial charge on any atom is 0.305 e. The second kappa shape index (κ2) is 8.97. The van der Waals surface area contributed by atoms with E-state index in [4.69, 9.17) is 18.6 Å². The van der Waals surface area contributed by atoms with Crippen LogP contribution in [0.4, 0.5) is 0 Å². The van der Waals surface area contributed by atoms with Gasteiger partial charge in [0.1, 0.15) is 41.5 Å². The van der Waals surface area contributed by atoms with Crippen molar-refractivity contribution in [1.29, 1.82) is 0 Å². The fraction of sp³-hybridized carbons (Fsp3) is 0.526. The molecule has 0 amide bonds. The number of carbonyl (C=O) groups excluding carboxylic acids is 1. The summed E-state index contributed by atoms with van der Waals surface area (Å²) >= 11 is 0. The van der Waals surface area contributed by atoms with Gasteiger partial charge < -0.3 is 43.8 Å². The number of fused-ring (bicyclic) bond motifs is 1. The summed E-state index contributed by atoms with van der Waals surface area (Å²) in [6, 6.07) is 3.25. The summed E-state index contributed by atoms with van der Waals surface area (Å²) in [6.07, 6.45) is -5.47. The molecule has 29 heavy (non-hydrogen) atoms. The third-order valence-corrected chi connectivity index (χ3v) is 4.88. The second-order valence-corrected chi connectivity index (χ2v) is 6.61. The van der Waals surface area contributed by atoms with Gasteiger partial charge in [-0.3, -0.25) is 4.79 Å². The number of aliphatic hydroxyl groups excluding tert-OH is 4. The summed E-state index contributed by atoms with van der Waals surface area (Å²) in [4.78, 5) is 11.6. The molecule has 0 bridgehead atoms. The molecule has 1 aliphatic rings. The van der Waals surface area contributed by atoms with E-state index in [0.717, 1.165) is 0 Å².